The van der Waals surface area contributed by atoms with E-state index < -0.39 is 18.4 Å². The van der Waals surface area contributed by atoms with Crippen molar-refractivity contribution in [1.29, 1.82) is 0 Å². The Kier molecular flexibility index (Phi) is 6.44. The Labute approximate surface area is 116 Å². The van der Waals surface area contributed by atoms with Gasteiger partial charge < -0.3 is 0 Å². The summed E-state index contributed by atoms with van der Waals surface area (Å²) in [5.74, 6) is 0.585. The number of hydrogen-bond acceptors (Lipinski definition) is 1. The first-order valence-electron chi connectivity index (χ1n) is 6.69. The van der Waals surface area contributed by atoms with Crippen molar-refractivity contribution in [3.63, 3.8) is 0 Å². The summed E-state index contributed by atoms with van der Waals surface area (Å²) in [5, 5.41) is 0. The van der Waals surface area contributed by atoms with Gasteiger partial charge in [-0.2, -0.15) is 0 Å². The third kappa shape index (κ3) is 5.15. The number of hydrogen-bond donors (Lipinski definition) is 0. The maximum atomic E-state index is 5.85. The van der Waals surface area contributed by atoms with Crippen LogP contribution in [0.1, 0.15) is 12.5 Å². The van der Waals surface area contributed by atoms with Crippen molar-refractivity contribution in [1.82, 2.24) is 0 Å². The molecule has 0 saturated carbocycles. The minimum absolute atomic E-state index is 0.585. The van der Waals surface area contributed by atoms with Gasteiger partial charge in [-0.1, -0.05) is 0 Å². The van der Waals surface area contributed by atoms with Crippen LogP contribution in [0.4, 0.5) is 0 Å². The Morgan fingerprint density at radius 2 is 1.83 bits per heavy atom. The third-order valence-electron chi connectivity index (χ3n) is 3.36. The van der Waals surface area contributed by atoms with Gasteiger partial charge in [-0.15, -0.1) is 0 Å². The van der Waals surface area contributed by atoms with E-state index in [1.54, 1.807) is 0 Å². The first-order chi connectivity index (χ1) is 8.45. The second-order valence-electron chi connectivity index (χ2n) is 6.11. The molecule has 1 aromatic carbocycles. The molecule has 0 amide bonds. The molecule has 1 nitrogen and oxygen atoms in total. The fourth-order valence-corrected chi connectivity index (χ4v) is 9.65. The zero-order chi connectivity index (χ0) is 13.6. The fraction of sp³-hybridized carbons (Fsp3) is 0.500. The molecule has 0 aliphatic heterocycles. The van der Waals surface area contributed by atoms with Crippen LogP contribution in [0.3, 0.4) is 0 Å². The zero-order valence-corrected chi connectivity index (χ0v) is 15.0. The molecule has 100 valence electrons. The van der Waals surface area contributed by atoms with Crippen LogP contribution in [0.2, 0.25) is 18.8 Å². The van der Waals surface area contributed by atoms with Gasteiger partial charge in [0.1, 0.15) is 0 Å². The number of ether oxygens (including phenoxy) is 1. The molecule has 1 rings (SSSR count). The van der Waals surface area contributed by atoms with E-state index in [0.717, 1.165) is 6.61 Å². The molecule has 0 aliphatic carbocycles. The molecule has 0 heterocycles. The van der Waals surface area contributed by atoms with E-state index in [1.165, 1.54) is 5.56 Å². The molecule has 0 radical (unpaired) electrons. The van der Waals surface area contributed by atoms with Gasteiger partial charge in [0.05, 0.1) is 0 Å². The van der Waals surface area contributed by atoms with Crippen LogP contribution in [0.15, 0.2) is 43.0 Å². The van der Waals surface area contributed by atoms with Gasteiger partial charge in [-0.3, -0.25) is 0 Å². The molecule has 0 spiro atoms. The molecule has 0 fully saturated rings. The molecule has 2 heteroatoms. The van der Waals surface area contributed by atoms with Crippen LogP contribution in [0.5, 0.6) is 0 Å². The summed E-state index contributed by atoms with van der Waals surface area (Å²) in [4.78, 5) is 7.40. The molecule has 0 saturated heterocycles. The second-order valence-corrected chi connectivity index (χ2v) is 21.5. The molecule has 2 atom stereocenters. The topological polar surface area (TPSA) is 9.23 Å². The number of benzene rings is 1. The molecule has 0 aliphatic rings. The molecule has 0 aromatic heterocycles. The first kappa shape index (κ1) is 15.8. The number of rotatable bonds is 7. The Bertz CT molecular complexity index is 353. The van der Waals surface area contributed by atoms with Gasteiger partial charge in [0.15, 0.2) is 0 Å². The zero-order valence-electron chi connectivity index (χ0n) is 12.1. The van der Waals surface area contributed by atoms with Crippen LogP contribution in [0.25, 0.3) is 0 Å². The Morgan fingerprint density at radius 1 is 1.22 bits per heavy atom. The predicted octanol–water partition coefficient (Wildman–Crippen LogP) is 4.73. The van der Waals surface area contributed by atoms with Crippen molar-refractivity contribution >= 4 is 18.4 Å². The van der Waals surface area contributed by atoms with Crippen LogP contribution in [0, 0.1) is 5.92 Å². The quantitative estimate of drug-likeness (QED) is 0.509. The van der Waals surface area contributed by atoms with Crippen LogP contribution in [-0.2, 0) is 11.3 Å². The third-order valence-corrected chi connectivity index (χ3v) is 11.4. The van der Waals surface area contributed by atoms with E-state index in [4.69, 9.17) is 4.74 Å². The van der Waals surface area contributed by atoms with Crippen molar-refractivity contribution in [3.8, 4) is 0 Å². The normalized spacial score (nSPS) is 15.1. The average Bonchev–Trinajstić information content (AvgIpc) is 2.29. The van der Waals surface area contributed by atoms with Crippen LogP contribution >= 0.6 is 0 Å². The van der Waals surface area contributed by atoms with Gasteiger partial charge in [0.2, 0.25) is 0 Å². The molecule has 1 aromatic rings. The summed E-state index contributed by atoms with van der Waals surface area (Å²) in [6.07, 6.45) is 2.16. The van der Waals surface area contributed by atoms with Crippen molar-refractivity contribution in [2.24, 2.45) is 5.92 Å². The summed E-state index contributed by atoms with van der Waals surface area (Å²) in [5.41, 5.74) is 1.25. The van der Waals surface area contributed by atoms with E-state index in [0.29, 0.717) is 16.5 Å². The van der Waals surface area contributed by atoms with E-state index in [1.807, 2.05) is 6.07 Å². The SMILES string of the molecule is C=C[C@H]([C@@H](C)COCc1ccccc1)[Sn]([CH3])([CH3])[CH3]. The molecule has 18 heavy (non-hydrogen) atoms. The van der Waals surface area contributed by atoms with Crippen molar-refractivity contribution in [3.05, 3.63) is 48.6 Å². The average molecular weight is 353 g/mol. The summed E-state index contributed by atoms with van der Waals surface area (Å²) < 4.78 is 6.54. The monoisotopic (exact) mass is 354 g/mol. The van der Waals surface area contributed by atoms with Gasteiger partial charge >= 0.3 is 116 Å². The minimum atomic E-state index is -1.91. The van der Waals surface area contributed by atoms with Gasteiger partial charge in [-0.25, -0.2) is 0 Å². The Hall–Kier alpha value is -0.281. The summed E-state index contributed by atoms with van der Waals surface area (Å²) >= 11 is -1.91. The van der Waals surface area contributed by atoms with Gasteiger partial charge in [-0.05, 0) is 0 Å². The van der Waals surface area contributed by atoms with E-state index in [2.05, 4.69) is 58.7 Å². The molecular formula is C16H26OSn. The van der Waals surface area contributed by atoms with Crippen LogP contribution < -0.4 is 0 Å². The molecule has 0 N–H and O–H groups in total. The number of allylic oxidation sites excluding steroid dienone is 1. The Morgan fingerprint density at radius 3 is 2.33 bits per heavy atom. The van der Waals surface area contributed by atoms with Crippen molar-refractivity contribution in [2.45, 2.75) is 32.3 Å². The van der Waals surface area contributed by atoms with E-state index in [-0.39, 0.29) is 0 Å². The van der Waals surface area contributed by atoms with Crippen LogP contribution in [-0.4, -0.2) is 25.0 Å². The predicted molar refractivity (Wildman–Crippen MR) is 82.6 cm³/mol. The van der Waals surface area contributed by atoms with Gasteiger partial charge in [0, 0.05) is 0 Å². The second kappa shape index (κ2) is 7.34. The van der Waals surface area contributed by atoms with E-state index in [9.17, 15) is 0 Å². The Balaban J connectivity index is 2.41. The summed E-state index contributed by atoms with van der Waals surface area (Å²) in [7, 11) is 0. The van der Waals surface area contributed by atoms with Crippen molar-refractivity contribution < 1.29 is 4.74 Å². The molecular weight excluding hydrogens is 327 g/mol. The fourth-order valence-electron chi connectivity index (χ4n) is 2.48. The van der Waals surface area contributed by atoms with Gasteiger partial charge in [0.25, 0.3) is 0 Å². The molecule has 0 bridgehead atoms. The standard InChI is InChI=1S/C13H17O.3CH3.Sn/c1-3-7-12(2)10-14-11-13-8-5-4-6-9-13;;;;/h3-9,12H,1,10-11H2,2H3;3*1H3;/t12-;;;;/m1..../s1. The van der Waals surface area contributed by atoms with E-state index >= 15 is 0 Å². The molecule has 0 unspecified atom stereocenters. The summed E-state index contributed by atoms with van der Waals surface area (Å²) in [6, 6.07) is 10.4. The first-order valence-corrected chi connectivity index (χ1v) is 16.9. The van der Waals surface area contributed by atoms with Crippen molar-refractivity contribution in [2.75, 3.05) is 6.61 Å². The maximum absolute atomic E-state index is 5.85. The summed E-state index contributed by atoms with van der Waals surface area (Å²) in [6.45, 7) is 7.85.